The number of amides is 2. The Balaban J connectivity index is 1.98. The first kappa shape index (κ1) is 16.2. The zero-order chi connectivity index (χ0) is 16.8. The Morgan fingerprint density at radius 3 is 2.39 bits per heavy atom. The Kier molecular flexibility index (Phi) is 5.03. The number of nitro groups is 1. The van der Waals surface area contributed by atoms with Crippen molar-refractivity contribution in [3.05, 3.63) is 75.3 Å². The standard InChI is InChI=1S/C16H15N3O4/c1-11-6-2-3-7-12(11)10-15(20)17-18-16(21)13-8-4-5-9-14(13)19(22)23/h2-9H,10H2,1H3,(H,17,20)(H,18,21). The predicted molar refractivity (Wildman–Crippen MR) is 83.6 cm³/mol. The van der Waals surface area contributed by atoms with Crippen LogP contribution < -0.4 is 10.9 Å². The van der Waals surface area contributed by atoms with E-state index in [0.29, 0.717) is 0 Å². The molecule has 7 nitrogen and oxygen atoms in total. The van der Waals surface area contributed by atoms with E-state index >= 15 is 0 Å². The van der Waals surface area contributed by atoms with Crippen LogP contribution in [-0.2, 0) is 11.2 Å². The molecule has 0 aliphatic heterocycles. The molecule has 0 spiro atoms. The predicted octanol–water partition coefficient (Wildman–Crippen LogP) is 1.91. The first-order chi connectivity index (χ1) is 11.0. The molecule has 0 unspecified atom stereocenters. The van der Waals surface area contributed by atoms with Crippen LogP contribution in [0.15, 0.2) is 48.5 Å². The molecule has 118 valence electrons. The molecule has 2 aromatic rings. The summed E-state index contributed by atoms with van der Waals surface area (Å²) in [6.07, 6.45) is 0.101. The summed E-state index contributed by atoms with van der Waals surface area (Å²) in [5, 5.41) is 10.9. The van der Waals surface area contributed by atoms with Crippen LogP contribution in [-0.4, -0.2) is 16.7 Å². The molecule has 0 bridgehead atoms. The summed E-state index contributed by atoms with van der Waals surface area (Å²) in [4.78, 5) is 34.1. The summed E-state index contributed by atoms with van der Waals surface area (Å²) in [6, 6.07) is 12.9. The number of rotatable bonds is 4. The summed E-state index contributed by atoms with van der Waals surface area (Å²) in [7, 11) is 0. The minimum absolute atomic E-state index is 0.101. The van der Waals surface area contributed by atoms with Crippen molar-refractivity contribution in [3.8, 4) is 0 Å². The molecule has 0 heterocycles. The van der Waals surface area contributed by atoms with Gasteiger partial charge in [0.25, 0.3) is 11.6 Å². The first-order valence-corrected chi connectivity index (χ1v) is 6.86. The lowest BCUT2D eigenvalue weighted by Gasteiger charge is -2.09. The highest BCUT2D eigenvalue weighted by Gasteiger charge is 2.19. The van der Waals surface area contributed by atoms with E-state index in [2.05, 4.69) is 10.9 Å². The van der Waals surface area contributed by atoms with E-state index in [1.165, 1.54) is 24.3 Å². The number of carbonyl (C=O) groups is 2. The summed E-state index contributed by atoms with van der Waals surface area (Å²) >= 11 is 0. The maximum atomic E-state index is 12.0. The van der Waals surface area contributed by atoms with Crippen molar-refractivity contribution in [1.82, 2.24) is 10.9 Å². The van der Waals surface area contributed by atoms with E-state index in [-0.39, 0.29) is 17.7 Å². The number of carbonyl (C=O) groups excluding carboxylic acids is 2. The van der Waals surface area contributed by atoms with E-state index in [1.54, 1.807) is 0 Å². The lowest BCUT2D eigenvalue weighted by atomic mass is 10.1. The van der Waals surface area contributed by atoms with Gasteiger partial charge in [-0.1, -0.05) is 36.4 Å². The van der Waals surface area contributed by atoms with Gasteiger partial charge >= 0.3 is 0 Å². The van der Waals surface area contributed by atoms with Crippen molar-refractivity contribution in [2.75, 3.05) is 0 Å². The second kappa shape index (κ2) is 7.17. The average Bonchev–Trinajstić information content (AvgIpc) is 2.54. The fourth-order valence-electron chi connectivity index (χ4n) is 2.04. The van der Waals surface area contributed by atoms with E-state index in [9.17, 15) is 19.7 Å². The second-order valence-electron chi connectivity index (χ2n) is 4.88. The van der Waals surface area contributed by atoms with E-state index in [0.717, 1.165) is 11.1 Å². The number of para-hydroxylation sites is 1. The number of hydrogen-bond acceptors (Lipinski definition) is 4. The summed E-state index contributed by atoms with van der Waals surface area (Å²) < 4.78 is 0. The molecule has 23 heavy (non-hydrogen) atoms. The van der Waals surface area contributed by atoms with Crippen molar-refractivity contribution < 1.29 is 14.5 Å². The highest BCUT2D eigenvalue weighted by Crippen LogP contribution is 2.16. The van der Waals surface area contributed by atoms with Crippen LogP contribution >= 0.6 is 0 Å². The molecule has 0 fully saturated rings. The Labute approximate surface area is 132 Å². The van der Waals surface area contributed by atoms with Crippen LogP contribution in [0.5, 0.6) is 0 Å². The van der Waals surface area contributed by atoms with Gasteiger partial charge in [0, 0.05) is 6.07 Å². The highest BCUT2D eigenvalue weighted by molar-refractivity contribution is 5.99. The minimum atomic E-state index is -0.740. The normalized spacial score (nSPS) is 9.96. The SMILES string of the molecule is Cc1ccccc1CC(=O)NNC(=O)c1ccccc1[N+](=O)[O-]. The van der Waals surface area contributed by atoms with Gasteiger partial charge in [-0.2, -0.15) is 0 Å². The van der Waals surface area contributed by atoms with Crippen molar-refractivity contribution in [2.24, 2.45) is 0 Å². The molecule has 7 heteroatoms. The molecule has 0 aliphatic carbocycles. The number of nitro benzene ring substituents is 1. The molecule has 0 radical (unpaired) electrons. The Morgan fingerprint density at radius 1 is 1.04 bits per heavy atom. The third-order valence-electron chi connectivity index (χ3n) is 3.27. The third kappa shape index (κ3) is 4.13. The molecule has 0 atom stereocenters. The largest absolute Gasteiger partial charge is 0.282 e. The number of aryl methyl sites for hydroxylation is 1. The molecule has 2 amide bonds. The summed E-state index contributed by atoms with van der Waals surface area (Å²) in [6.45, 7) is 1.88. The second-order valence-corrected chi connectivity index (χ2v) is 4.88. The Morgan fingerprint density at radius 2 is 1.70 bits per heavy atom. The van der Waals surface area contributed by atoms with Crippen LogP contribution in [0.3, 0.4) is 0 Å². The summed E-state index contributed by atoms with van der Waals surface area (Å²) in [5.74, 6) is -1.15. The van der Waals surface area contributed by atoms with E-state index in [4.69, 9.17) is 0 Å². The fraction of sp³-hybridized carbons (Fsp3) is 0.125. The molecule has 0 saturated heterocycles. The van der Waals surface area contributed by atoms with E-state index < -0.39 is 16.7 Å². The fourth-order valence-corrected chi connectivity index (χ4v) is 2.04. The minimum Gasteiger partial charge on any atom is -0.273 e. The number of benzene rings is 2. The van der Waals surface area contributed by atoms with Gasteiger partial charge in [0.2, 0.25) is 5.91 Å². The van der Waals surface area contributed by atoms with Gasteiger partial charge in [-0.3, -0.25) is 30.6 Å². The zero-order valence-electron chi connectivity index (χ0n) is 12.4. The van der Waals surface area contributed by atoms with Crippen LogP contribution in [0, 0.1) is 17.0 Å². The van der Waals surface area contributed by atoms with Crippen LogP contribution in [0.2, 0.25) is 0 Å². The molecular formula is C16H15N3O4. The molecule has 2 N–H and O–H groups in total. The number of nitrogens with one attached hydrogen (secondary N) is 2. The van der Waals surface area contributed by atoms with E-state index in [1.807, 2.05) is 31.2 Å². The number of nitrogens with zero attached hydrogens (tertiary/aromatic N) is 1. The lowest BCUT2D eigenvalue weighted by molar-refractivity contribution is -0.385. The van der Waals surface area contributed by atoms with Crippen LogP contribution in [0.25, 0.3) is 0 Å². The topological polar surface area (TPSA) is 101 Å². The molecule has 2 aromatic carbocycles. The van der Waals surface area contributed by atoms with Crippen LogP contribution in [0.4, 0.5) is 5.69 Å². The molecule has 0 saturated carbocycles. The van der Waals surface area contributed by atoms with Crippen LogP contribution in [0.1, 0.15) is 21.5 Å². The maximum absolute atomic E-state index is 12.0. The third-order valence-corrected chi connectivity index (χ3v) is 3.27. The Hall–Kier alpha value is -3.22. The van der Waals surface area contributed by atoms with Gasteiger partial charge in [0.1, 0.15) is 5.56 Å². The average molecular weight is 313 g/mol. The van der Waals surface area contributed by atoms with Gasteiger partial charge in [-0.15, -0.1) is 0 Å². The highest BCUT2D eigenvalue weighted by atomic mass is 16.6. The van der Waals surface area contributed by atoms with Gasteiger partial charge in [0.15, 0.2) is 0 Å². The van der Waals surface area contributed by atoms with Crippen molar-refractivity contribution in [2.45, 2.75) is 13.3 Å². The monoisotopic (exact) mass is 313 g/mol. The number of hydrazine groups is 1. The van der Waals surface area contributed by atoms with Crippen molar-refractivity contribution in [3.63, 3.8) is 0 Å². The lowest BCUT2D eigenvalue weighted by Crippen LogP contribution is -2.42. The van der Waals surface area contributed by atoms with Gasteiger partial charge < -0.3 is 0 Å². The molecule has 0 aliphatic rings. The summed E-state index contributed by atoms with van der Waals surface area (Å²) in [5.41, 5.74) is 5.82. The quantitative estimate of drug-likeness (QED) is 0.665. The molecule has 0 aromatic heterocycles. The zero-order valence-corrected chi connectivity index (χ0v) is 12.4. The molecule has 2 rings (SSSR count). The van der Waals surface area contributed by atoms with Crippen molar-refractivity contribution in [1.29, 1.82) is 0 Å². The van der Waals surface area contributed by atoms with Gasteiger partial charge in [0.05, 0.1) is 11.3 Å². The van der Waals surface area contributed by atoms with Crippen molar-refractivity contribution >= 4 is 17.5 Å². The molecular weight excluding hydrogens is 298 g/mol. The van der Waals surface area contributed by atoms with Gasteiger partial charge in [-0.05, 0) is 24.1 Å². The first-order valence-electron chi connectivity index (χ1n) is 6.86. The maximum Gasteiger partial charge on any atom is 0.282 e. The Bertz CT molecular complexity index is 758. The number of hydrogen-bond donors (Lipinski definition) is 2. The van der Waals surface area contributed by atoms with Gasteiger partial charge in [-0.25, -0.2) is 0 Å². The smallest absolute Gasteiger partial charge is 0.273 e.